The van der Waals surface area contributed by atoms with Crippen molar-refractivity contribution in [3.05, 3.63) is 45.4 Å². The van der Waals surface area contributed by atoms with Gasteiger partial charge in [0.05, 0.1) is 16.7 Å². The smallest absolute Gasteiger partial charge is 0.322 e. The number of aliphatic hydroxyl groups excluding tert-OH is 1. The van der Waals surface area contributed by atoms with Crippen LogP contribution in [0.4, 0.5) is 14.9 Å². The van der Waals surface area contributed by atoms with Gasteiger partial charge in [0.1, 0.15) is 11.5 Å². The van der Waals surface area contributed by atoms with E-state index >= 15 is 0 Å². The predicted molar refractivity (Wildman–Crippen MR) is 112 cm³/mol. The lowest BCUT2D eigenvalue weighted by molar-refractivity contribution is 0.0761. The Bertz CT molecular complexity index is 1010. The Kier molecular flexibility index (Phi) is 5.54. The van der Waals surface area contributed by atoms with Gasteiger partial charge >= 0.3 is 6.03 Å². The van der Waals surface area contributed by atoms with Gasteiger partial charge in [0, 0.05) is 56.4 Å². The molecule has 4 rings (SSSR count). The first kappa shape index (κ1) is 20.8. The average Bonchev–Trinajstić information content (AvgIpc) is 2.99. The van der Waals surface area contributed by atoms with E-state index in [1.54, 1.807) is 21.5 Å². The van der Waals surface area contributed by atoms with Gasteiger partial charge < -0.3 is 20.2 Å². The standard InChI is InChI=1S/C20H23BrFN5O3/c1-11-5-17-14(18-19(29)25(2)7-12(10-28)8-27(18)24-17)9-26(11)20(30)23-13-3-4-16(22)15(21)6-13/h3-4,6,11-12,28H,5,7-10H2,1-2H3,(H,23,30). The highest BCUT2D eigenvalue weighted by Crippen LogP contribution is 2.29. The quantitative estimate of drug-likeness (QED) is 0.691. The second-order valence-corrected chi connectivity index (χ2v) is 8.78. The van der Waals surface area contributed by atoms with Gasteiger partial charge in [-0.05, 0) is 41.1 Å². The maximum atomic E-state index is 13.5. The second-order valence-electron chi connectivity index (χ2n) is 7.93. The molecule has 2 aromatic rings. The van der Waals surface area contributed by atoms with Crippen molar-refractivity contribution < 1.29 is 19.1 Å². The first-order valence-electron chi connectivity index (χ1n) is 9.76. The number of amides is 3. The number of halogens is 2. The average molecular weight is 480 g/mol. The van der Waals surface area contributed by atoms with Crippen LogP contribution in [-0.4, -0.2) is 62.9 Å². The van der Waals surface area contributed by atoms with E-state index in [9.17, 15) is 19.1 Å². The summed E-state index contributed by atoms with van der Waals surface area (Å²) >= 11 is 3.12. The Morgan fingerprint density at radius 3 is 2.87 bits per heavy atom. The molecular formula is C20H23BrFN5O3. The molecule has 2 aliphatic rings. The molecule has 0 fully saturated rings. The number of nitrogens with one attached hydrogen (secondary N) is 1. The van der Waals surface area contributed by atoms with Crippen molar-refractivity contribution in [2.24, 2.45) is 5.92 Å². The van der Waals surface area contributed by atoms with E-state index < -0.39 is 5.82 Å². The summed E-state index contributed by atoms with van der Waals surface area (Å²) in [6, 6.07) is 3.84. The van der Waals surface area contributed by atoms with Crippen molar-refractivity contribution in [1.82, 2.24) is 19.6 Å². The molecule has 0 bridgehead atoms. The van der Waals surface area contributed by atoms with Crippen LogP contribution >= 0.6 is 15.9 Å². The minimum Gasteiger partial charge on any atom is -0.396 e. The monoisotopic (exact) mass is 479 g/mol. The SMILES string of the molecule is CC1Cc2nn3c(c2CN1C(=O)Nc1ccc(F)c(Br)c1)C(=O)N(C)CC(CO)C3. The first-order chi connectivity index (χ1) is 14.3. The van der Waals surface area contributed by atoms with Crippen molar-refractivity contribution in [2.45, 2.75) is 32.5 Å². The fraction of sp³-hybridized carbons (Fsp3) is 0.450. The highest BCUT2D eigenvalue weighted by molar-refractivity contribution is 9.10. The lowest BCUT2D eigenvalue weighted by Crippen LogP contribution is -2.45. The number of carbonyl (C=O) groups excluding carboxylic acids is 2. The normalized spacial score (nSPS) is 21.2. The number of hydrogen-bond donors (Lipinski definition) is 2. The molecule has 2 N–H and O–H groups in total. The van der Waals surface area contributed by atoms with Crippen molar-refractivity contribution in [3.63, 3.8) is 0 Å². The van der Waals surface area contributed by atoms with Crippen LogP contribution in [0.15, 0.2) is 22.7 Å². The zero-order valence-corrected chi connectivity index (χ0v) is 18.3. The Hall–Kier alpha value is -2.46. The topological polar surface area (TPSA) is 90.7 Å². The van der Waals surface area contributed by atoms with Crippen LogP contribution in [-0.2, 0) is 19.5 Å². The van der Waals surface area contributed by atoms with Gasteiger partial charge in [-0.15, -0.1) is 0 Å². The number of aliphatic hydroxyl groups is 1. The zero-order valence-electron chi connectivity index (χ0n) is 16.7. The molecule has 8 nitrogen and oxygen atoms in total. The van der Waals surface area contributed by atoms with Gasteiger partial charge in [0.2, 0.25) is 0 Å². The predicted octanol–water partition coefficient (Wildman–Crippen LogP) is 2.46. The van der Waals surface area contributed by atoms with Crippen LogP contribution < -0.4 is 5.32 Å². The van der Waals surface area contributed by atoms with Gasteiger partial charge in [-0.3, -0.25) is 9.48 Å². The van der Waals surface area contributed by atoms with Crippen LogP contribution in [0.5, 0.6) is 0 Å². The molecule has 160 valence electrons. The Labute approximate surface area is 181 Å². The fourth-order valence-electron chi connectivity index (χ4n) is 4.08. The molecule has 0 saturated heterocycles. The van der Waals surface area contributed by atoms with Crippen molar-refractivity contribution >= 4 is 33.6 Å². The second kappa shape index (κ2) is 7.99. The van der Waals surface area contributed by atoms with E-state index in [1.807, 2.05) is 6.92 Å². The molecule has 3 amide bonds. The molecule has 1 aromatic heterocycles. The van der Waals surface area contributed by atoms with Crippen LogP contribution in [0.25, 0.3) is 0 Å². The number of carbonyl (C=O) groups is 2. The number of benzene rings is 1. The number of aromatic nitrogens is 2. The molecule has 0 spiro atoms. The molecule has 1 aromatic carbocycles. The highest BCUT2D eigenvalue weighted by atomic mass is 79.9. The summed E-state index contributed by atoms with van der Waals surface area (Å²) in [5, 5.41) is 17.0. The van der Waals surface area contributed by atoms with Gasteiger partial charge in [-0.1, -0.05) is 0 Å². The molecule has 10 heteroatoms. The van der Waals surface area contributed by atoms with Crippen LogP contribution in [0.1, 0.15) is 28.7 Å². The van der Waals surface area contributed by atoms with E-state index in [0.29, 0.717) is 30.9 Å². The third-order valence-corrected chi connectivity index (χ3v) is 6.29. The van der Waals surface area contributed by atoms with Crippen LogP contribution in [0, 0.1) is 11.7 Å². The number of hydrogen-bond acceptors (Lipinski definition) is 4. The van der Waals surface area contributed by atoms with Gasteiger partial charge in [0.15, 0.2) is 0 Å². The molecule has 2 aliphatic heterocycles. The van der Waals surface area contributed by atoms with Crippen molar-refractivity contribution in [2.75, 3.05) is 25.5 Å². The van der Waals surface area contributed by atoms with Gasteiger partial charge in [-0.25, -0.2) is 9.18 Å². The Balaban J connectivity index is 1.61. The molecule has 0 radical (unpaired) electrons. The molecule has 30 heavy (non-hydrogen) atoms. The van der Waals surface area contributed by atoms with Crippen LogP contribution in [0.3, 0.4) is 0 Å². The molecule has 0 aliphatic carbocycles. The van der Waals surface area contributed by atoms with E-state index in [0.717, 1.165) is 11.3 Å². The highest BCUT2D eigenvalue weighted by Gasteiger charge is 2.36. The number of fused-ring (bicyclic) bond motifs is 3. The van der Waals surface area contributed by atoms with Gasteiger partial charge in [-0.2, -0.15) is 5.10 Å². The number of urea groups is 1. The fourth-order valence-corrected chi connectivity index (χ4v) is 4.46. The van der Waals surface area contributed by atoms with E-state index in [1.165, 1.54) is 18.2 Å². The summed E-state index contributed by atoms with van der Waals surface area (Å²) in [5.41, 5.74) is 2.52. The van der Waals surface area contributed by atoms with Crippen molar-refractivity contribution in [1.29, 1.82) is 0 Å². The maximum absolute atomic E-state index is 13.5. The minimum atomic E-state index is -0.407. The summed E-state index contributed by atoms with van der Waals surface area (Å²) in [4.78, 5) is 29.2. The van der Waals surface area contributed by atoms with E-state index in [2.05, 4.69) is 26.3 Å². The zero-order chi connectivity index (χ0) is 21.6. The number of anilines is 1. The Morgan fingerprint density at radius 2 is 2.17 bits per heavy atom. The largest absolute Gasteiger partial charge is 0.396 e. The molecule has 2 atom stereocenters. The molecule has 2 unspecified atom stereocenters. The summed E-state index contributed by atoms with van der Waals surface area (Å²) in [6.07, 6.45) is 0.524. The lowest BCUT2D eigenvalue weighted by atomic mass is 9.99. The summed E-state index contributed by atoms with van der Waals surface area (Å²) in [5.74, 6) is -0.650. The summed E-state index contributed by atoms with van der Waals surface area (Å²) < 4.78 is 15.4. The maximum Gasteiger partial charge on any atom is 0.322 e. The minimum absolute atomic E-state index is 0.0280. The van der Waals surface area contributed by atoms with E-state index in [-0.39, 0.29) is 41.5 Å². The third-order valence-electron chi connectivity index (χ3n) is 5.69. The number of nitrogens with zero attached hydrogens (tertiary/aromatic N) is 4. The summed E-state index contributed by atoms with van der Waals surface area (Å²) in [7, 11) is 1.71. The summed E-state index contributed by atoms with van der Waals surface area (Å²) in [6.45, 7) is 3.06. The first-order valence-corrected chi connectivity index (χ1v) is 10.5. The lowest BCUT2D eigenvalue weighted by Gasteiger charge is -2.33. The third kappa shape index (κ3) is 3.69. The molecular weight excluding hydrogens is 457 g/mol. The Morgan fingerprint density at radius 1 is 1.40 bits per heavy atom. The van der Waals surface area contributed by atoms with Crippen molar-refractivity contribution in [3.8, 4) is 0 Å². The van der Waals surface area contributed by atoms with Gasteiger partial charge in [0.25, 0.3) is 5.91 Å². The molecule has 0 saturated carbocycles. The van der Waals surface area contributed by atoms with E-state index in [4.69, 9.17) is 0 Å². The van der Waals surface area contributed by atoms with Crippen LogP contribution in [0.2, 0.25) is 0 Å². The number of rotatable bonds is 2. The molecule has 3 heterocycles.